The summed E-state index contributed by atoms with van der Waals surface area (Å²) in [6.07, 6.45) is 1.96. The number of esters is 1. The number of phenols is 2. The number of ether oxygens (including phenoxy) is 2. The Morgan fingerprint density at radius 3 is 2.24 bits per heavy atom. The molecule has 0 unspecified atom stereocenters. The van der Waals surface area contributed by atoms with Crippen LogP contribution in [-0.2, 0) is 15.1 Å². The molecule has 0 aromatic heterocycles. The number of hydrogen-bond donors (Lipinski definition) is 6. The van der Waals surface area contributed by atoms with Crippen LogP contribution in [0.3, 0.4) is 0 Å². The lowest BCUT2D eigenvalue weighted by Gasteiger charge is -2.36. The highest BCUT2D eigenvalue weighted by Gasteiger charge is 2.53. The maximum absolute atomic E-state index is 13.2. The van der Waals surface area contributed by atoms with E-state index in [9.17, 15) is 19.8 Å². The number of amides is 1. The van der Waals surface area contributed by atoms with Crippen LogP contribution in [0, 0.1) is 0 Å². The van der Waals surface area contributed by atoms with Gasteiger partial charge in [-0.05, 0) is 67.9 Å². The topological polar surface area (TPSA) is 169 Å². The Kier molecular flexibility index (Phi) is 6.55. The number of carbonyl (C=O) groups is 2. The van der Waals surface area contributed by atoms with E-state index in [2.05, 4.69) is 10.6 Å². The molecular weight excluding hydrogens is 508 g/mol. The molecule has 10 nitrogen and oxygen atoms in total. The predicted molar refractivity (Wildman–Crippen MR) is 143 cm³/mol. The third kappa shape index (κ3) is 4.46. The molecule has 196 valence electrons. The van der Waals surface area contributed by atoms with E-state index in [4.69, 9.17) is 33.2 Å². The number of nitrogens with two attached hydrogens (primary N) is 2. The molecule has 0 radical (unpaired) electrons. The molecule has 0 saturated heterocycles. The minimum Gasteiger partial charge on any atom is -0.508 e. The number of phenolic OH excluding ortho intramolecular Hbond substituents is 2. The third-order valence-electron chi connectivity index (χ3n) is 6.62. The maximum atomic E-state index is 13.2. The van der Waals surface area contributed by atoms with Gasteiger partial charge < -0.3 is 41.8 Å². The van der Waals surface area contributed by atoms with E-state index in [1.54, 1.807) is 30.3 Å². The largest absolute Gasteiger partial charge is 0.508 e. The van der Waals surface area contributed by atoms with E-state index in [1.165, 1.54) is 24.3 Å². The monoisotopic (exact) mass is 534 g/mol. The number of thiocarbonyl (C=S) groups is 1. The van der Waals surface area contributed by atoms with Gasteiger partial charge in [-0.2, -0.15) is 0 Å². The average molecular weight is 535 g/mol. The van der Waals surface area contributed by atoms with Gasteiger partial charge in [0.25, 0.3) is 0 Å². The van der Waals surface area contributed by atoms with Gasteiger partial charge in [0.05, 0.1) is 11.6 Å². The van der Waals surface area contributed by atoms with Crippen molar-refractivity contribution in [3.05, 3.63) is 76.9 Å². The van der Waals surface area contributed by atoms with Gasteiger partial charge >= 0.3 is 5.97 Å². The summed E-state index contributed by atoms with van der Waals surface area (Å²) in [6, 6.07) is 13.8. The van der Waals surface area contributed by atoms with Crippen LogP contribution in [0.5, 0.6) is 23.0 Å². The lowest BCUT2D eigenvalue weighted by atomic mass is 9.77. The van der Waals surface area contributed by atoms with Crippen molar-refractivity contribution in [1.29, 1.82) is 0 Å². The second-order valence-corrected chi connectivity index (χ2v) is 9.59. The maximum Gasteiger partial charge on any atom is 0.340 e. The van der Waals surface area contributed by atoms with Crippen LogP contribution in [0.1, 0.15) is 46.3 Å². The molecule has 2 aliphatic rings. The molecule has 1 spiro atoms. The zero-order valence-corrected chi connectivity index (χ0v) is 21.0. The highest BCUT2D eigenvalue weighted by molar-refractivity contribution is 7.80. The molecule has 2 heterocycles. The summed E-state index contributed by atoms with van der Waals surface area (Å²) < 4.78 is 12.0. The van der Waals surface area contributed by atoms with Crippen LogP contribution in [0.4, 0.5) is 5.69 Å². The number of rotatable bonds is 7. The van der Waals surface area contributed by atoms with E-state index in [-0.39, 0.29) is 11.5 Å². The molecular formula is C27H26N4O6S. The van der Waals surface area contributed by atoms with E-state index in [1.807, 2.05) is 0 Å². The van der Waals surface area contributed by atoms with Crippen LogP contribution in [0.25, 0.3) is 0 Å². The highest BCUT2D eigenvalue weighted by atomic mass is 32.1. The smallest absolute Gasteiger partial charge is 0.340 e. The van der Waals surface area contributed by atoms with Gasteiger partial charge in [0.15, 0.2) is 10.7 Å². The molecule has 0 bridgehead atoms. The van der Waals surface area contributed by atoms with Gasteiger partial charge in [0.2, 0.25) is 5.91 Å². The van der Waals surface area contributed by atoms with Crippen molar-refractivity contribution in [3.63, 3.8) is 0 Å². The lowest BCUT2D eigenvalue weighted by molar-refractivity contribution is -0.119. The zero-order chi connectivity index (χ0) is 27.0. The fourth-order valence-electron chi connectivity index (χ4n) is 4.79. The highest BCUT2D eigenvalue weighted by Crippen LogP contribution is 2.57. The van der Waals surface area contributed by atoms with Gasteiger partial charge in [-0.25, -0.2) is 4.79 Å². The van der Waals surface area contributed by atoms with Crippen molar-refractivity contribution >= 4 is 34.9 Å². The Morgan fingerprint density at radius 2 is 1.61 bits per heavy atom. The number of nitrogens with one attached hydrogen (secondary N) is 2. The first kappa shape index (κ1) is 25.3. The summed E-state index contributed by atoms with van der Waals surface area (Å²) in [4.78, 5) is 24.2. The molecule has 11 heteroatoms. The first-order chi connectivity index (χ1) is 18.2. The van der Waals surface area contributed by atoms with Crippen LogP contribution in [-0.4, -0.2) is 39.8 Å². The number of aromatic hydroxyl groups is 2. The number of unbranched alkanes of at least 4 members (excludes halogenated alkanes) is 1. The second-order valence-electron chi connectivity index (χ2n) is 9.18. The van der Waals surface area contributed by atoms with Gasteiger partial charge in [-0.3, -0.25) is 4.79 Å². The van der Waals surface area contributed by atoms with Gasteiger partial charge in [0, 0.05) is 41.1 Å². The summed E-state index contributed by atoms with van der Waals surface area (Å²) in [6.45, 7) is 0.570. The predicted octanol–water partition coefficient (Wildman–Crippen LogP) is 2.94. The number of anilines is 1. The van der Waals surface area contributed by atoms with E-state index in [0.717, 1.165) is 6.42 Å². The number of benzene rings is 3. The fraction of sp³-hybridized carbons (Fsp3) is 0.222. The number of fused-ring (bicyclic) bond motifs is 6. The van der Waals surface area contributed by atoms with Crippen molar-refractivity contribution in [1.82, 2.24) is 5.32 Å². The molecule has 0 aliphatic carbocycles. The molecule has 3 aromatic carbocycles. The molecule has 0 saturated carbocycles. The van der Waals surface area contributed by atoms with Gasteiger partial charge in [-0.1, -0.05) is 6.07 Å². The molecule has 0 fully saturated rings. The first-order valence-corrected chi connectivity index (χ1v) is 12.4. The SMILES string of the molecule is NC(=O)[C@H](N)CCCCNC(=S)Nc1ccc2c(c1)C(=O)OC21c2ccc(O)cc2Oc2cc(O)ccc21. The van der Waals surface area contributed by atoms with E-state index >= 15 is 0 Å². The van der Waals surface area contributed by atoms with Crippen molar-refractivity contribution in [2.24, 2.45) is 11.5 Å². The molecule has 3 aromatic rings. The minimum absolute atomic E-state index is 0.0108. The summed E-state index contributed by atoms with van der Waals surface area (Å²) >= 11 is 5.38. The second kappa shape index (κ2) is 9.84. The lowest BCUT2D eigenvalue weighted by Crippen LogP contribution is -2.36. The Hall–Kier alpha value is -4.35. The van der Waals surface area contributed by atoms with Crippen molar-refractivity contribution < 1.29 is 29.3 Å². The van der Waals surface area contributed by atoms with Gasteiger partial charge in [0.1, 0.15) is 23.0 Å². The zero-order valence-electron chi connectivity index (χ0n) is 20.2. The Balaban J connectivity index is 1.38. The number of carbonyl (C=O) groups excluding carboxylic acids is 2. The van der Waals surface area contributed by atoms with Crippen LogP contribution < -0.4 is 26.8 Å². The minimum atomic E-state index is -1.32. The van der Waals surface area contributed by atoms with E-state index in [0.29, 0.717) is 63.9 Å². The van der Waals surface area contributed by atoms with Crippen LogP contribution >= 0.6 is 12.2 Å². The summed E-state index contributed by atoms with van der Waals surface area (Å²) in [5.74, 6) is -0.447. The van der Waals surface area contributed by atoms with Crippen LogP contribution in [0.2, 0.25) is 0 Å². The first-order valence-electron chi connectivity index (χ1n) is 12.0. The average Bonchev–Trinajstić information content (AvgIpc) is 3.15. The van der Waals surface area contributed by atoms with Crippen molar-refractivity contribution in [3.8, 4) is 23.0 Å². The van der Waals surface area contributed by atoms with E-state index < -0.39 is 23.5 Å². The van der Waals surface area contributed by atoms with Crippen molar-refractivity contribution in [2.45, 2.75) is 30.9 Å². The van der Waals surface area contributed by atoms with Crippen LogP contribution in [0.15, 0.2) is 54.6 Å². The molecule has 1 amide bonds. The summed E-state index contributed by atoms with van der Waals surface area (Å²) in [5.41, 5.74) is 12.1. The molecule has 8 N–H and O–H groups in total. The molecule has 38 heavy (non-hydrogen) atoms. The Labute approximate surface area is 223 Å². The number of primary amides is 1. The molecule has 1 atom stereocenters. The Bertz CT molecular complexity index is 1410. The summed E-state index contributed by atoms with van der Waals surface area (Å²) in [7, 11) is 0. The summed E-state index contributed by atoms with van der Waals surface area (Å²) in [5, 5.41) is 26.6. The Morgan fingerprint density at radius 1 is 0.974 bits per heavy atom. The van der Waals surface area contributed by atoms with Crippen molar-refractivity contribution in [2.75, 3.05) is 11.9 Å². The fourth-order valence-corrected chi connectivity index (χ4v) is 5.01. The number of hydrogen-bond acceptors (Lipinski definition) is 8. The third-order valence-corrected chi connectivity index (χ3v) is 6.87. The molecule has 2 aliphatic heterocycles. The standard InChI is InChI=1S/C27H26N4O6S/c28-21(24(29)34)3-1-2-10-30-26(38)31-14-4-7-18-17(11-14)25(35)37-27(18)19-8-5-15(32)12-22(19)36-23-13-16(33)6-9-20(23)27/h4-9,11-13,21,32-33H,1-3,10,28H2,(H2,29,34)(H2,30,31,38)/t21-/m1/s1. The normalized spacial score (nSPS) is 14.9. The molecule has 5 rings (SSSR count). The van der Waals surface area contributed by atoms with Gasteiger partial charge in [-0.15, -0.1) is 0 Å². The quantitative estimate of drug-likeness (QED) is 0.151.